The van der Waals surface area contributed by atoms with Crippen molar-refractivity contribution in [3.8, 4) is 0 Å². The highest BCUT2D eigenvalue weighted by Crippen LogP contribution is 2.01. The molecule has 0 heterocycles. The molecule has 0 saturated carbocycles. The molecule has 0 radical (unpaired) electrons. The normalized spacial score (nSPS) is 15.3. The summed E-state index contributed by atoms with van der Waals surface area (Å²) in [5.74, 6) is 0.674. The number of rotatable bonds is 6. The minimum atomic E-state index is -3.21. The molecular weight excluding hydrogens is 252 g/mol. The number of hydrogen-bond donors (Lipinski definition) is 3. The highest BCUT2D eigenvalue weighted by atomic mass is 32.2. The standard InChI is InChI=1S/C11H26N4O2S/c1-7-9(2)14-10(12-5)13-8-11(3,4)15-18(6,16)17/h9,15H,7-8H2,1-6H3,(H2,12,13,14). The van der Waals surface area contributed by atoms with Crippen LogP contribution in [0.4, 0.5) is 0 Å². The Morgan fingerprint density at radius 2 is 1.94 bits per heavy atom. The summed E-state index contributed by atoms with van der Waals surface area (Å²) < 4.78 is 25.0. The molecule has 0 spiro atoms. The molecule has 3 N–H and O–H groups in total. The maximum absolute atomic E-state index is 11.2. The SMILES string of the molecule is CCC(C)NC(=NC)NCC(C)(C)NS(C)(=O)=O. The van der Waals surface area contributed by atoms with Crippen molar-refractivity contribution in [2.75, 3.05) is 19.8 Å². The molecule has 7 heteroatoms. The largest absolute Gasteiger partial charge is 0.355 e. The lowest BCUT2D eigenvalue weighted by Gasteiger charge is -2.27. The van der Waals surface area contributed by atoms with Crippen molar-refractivity contribution in [2.24, 2.45) is 4.99 Å². The van der Waals surface area contributed by atoms with Gasteiger partial charge in [0.15, 0.2) is 5.96 Å². The molecule has 0 aliphatic rings. The van der Waals surface area contributed by atoms with E-state index < -0.39 is 15.6 Å². The Labute approximate surface area is 111 Å². The first-order valence-electron chi connectivity index (χ1n) is 6.06. The van der Waals surface area contributed by atoms with Crippen LogP contribution in [0.25, 0.3) is 0 Å². The Bertz CT molecular complexity index is 377. The number of sulfonamides is 1. The molecule has 0 saturated heterocycles. The summed E-state index contributed by atoms with van der Waals surface area (Å²) in [6, 6.07) is 0.321. The fourth-order valence-electron chi connectivity index (χ4n) is 1.37. The summed E-state index contributed by atoms with van der Waals surface area (Å²) in [5, 5.41) is 6.32. The van der Waals surface area contributed by atoms with E-state index >= 15 is 0 Å². The third-order valence-electron chi connectivity index (χ3n) is 2.38. The lowest BCUT2D eigenvalue weighted by atomic mass is 10.1. The zero-order chi connectivity index (χ0) is 14.4. The summed E-state index contributed by atoms with van der Waals surface area (Å²) in [7, 11) is -1.53. The quantitative estimate of drug-likeness (QED) is 0.481. The van der Waals surface area contributed by atoms with Gasteiger partial charge in [-0.25, -0.2) is 13.1 Å². The molecule has 0 aromatic heterocycles. The second kappa shape index (κ2) is 6.94. The van der Waals surface area contributed by atoms with Crippen LogP contribution in [0, 0.1) is 0 Å². The van der Waals surface area contributed by atoms with Crippen molar-refractivity contribution in [1.29, 1.82) is 0 Å². The van der Waals surface area contributed by atoms with E-state index in [0.29, 0.717) is 18.5 Å². The van der Waals surface area contributed by atoms with E-state index in [0.717, 1.165) is 12.7 Å². The number of hydrogen-bond acceptors (Lipinski definition) is 3. The summed E-state index contributed by atoms with van der Waals surface area (Å²) in [6.07, 6.45) is 2.15. The van der Waals surface area contributed by atoms with E-state index in [4.69, 9.17) is 0 Å². The van der Waals surface area contributed by atoms with Gasteiger partial charge in [-0.05, 0) is 27.2 Å². The van der Waals surface area contributed by atoms with Gasteiger partial charge in [0.2, 0.25) is 10.0 Å². The average Bonchev–Trinajstić information content (AvgIpc) is 2.20. The summed E-state index contributed by atoms with van der Waals surface area (Å²) in [4.78, 5) is 4.09. The zero-order valence-corrected chi connectivity index (χ0v) is 13.0. The molecule has 1 unspecified atom stereocenters. The fraction of sp³-hybridized carbons (Fsp3) is 0.909. The molecule has 0 amide bonds. The first kappa shape index (κ1) is 17.2. The van der Waals surface area contributed by atoms with Crippen molar-refractivity contribution in [1.82, 2.24) is 15.4 Å². The second-order valence-corrected chi connectivity index (χ2v) is 6.89. The van der Waals surface area contributed by atoms with Crippen LogP contribution in [-0.4, -0.2) is 45.8 Å². The lowest BCUT2D eigenvalue weighted by molar-refractivity contribution is 0.445. The molecule has 18 heavy (non-hydrogen) atoms. The molecule has 0 aliphatic heterocycles. The van der Waals surface area contributed by atoms with Gasteiger partial charge in [0, 0.05) is 25.2 Å². The van der Waals surface area contributed by atoms with Crippen molar-refractivity contribution in [3.05, 3.63) is 0 Å². The molecular formula is C11H26N4O2S. The van der Waals surface area contributed by atoms with Crippen molar-refractivity contribution < 1.29 is 8.42 Å². The van der Waals surface area contributed by atoms with Gasteiger partial charge >= 0.3 is 0 Å². The Morgan fingerprint density at radius 1 is 1.39 bits per heavy atom. The smallest absolute Gasteiger partial charge is 0.209 e. The predicted molar refractivity (Wildman–Crippen MR) is 76.3 cm³/mol. The Morgan fingerprint density at radius 3 is 2.33 bits per heavy atom. The van der Waals surface area contributed by atoms with Crippen molar-refractivity contribution >= 4 is 16.0 Å². The summed E-state index contributed by atoms with van der Waals surface area (Å²) >= 11 is 0. The van der Waals surface area contributed by atoms with Crippen LogP contribution in [-0.2, 0) is 10.0 Å². The molecule has 0 aromatic rings. The van der Waals surface area contributed by atoms with Gasteiger partial charge in [0.1, 0.15) is 0 Å². The van der Waals surface area contributed by atoms with E-state index in [1.165, 1.54) is 0 Å². The molecule has 6 nitrogen and oxygen atoms in total. The van der Waals surface area contributed by atoms with Crippen LogP contribution in [0.5, 0.6) is 0 Å². The van der Waals surface area contributed by atoms with Crippen LogP contribution >= 0.6 is 0 Å². The number of nitrogens with zero attached hydrogens (tertiary/aromatic N) is 1. The minimum Gasteiger partial charge on any atom is -0.355 e. The highest BCUT2D eigenvalue weighted by Gasteiger charge is 2.22. The van der Waals surface area contributed by atoms with Gasteiger partial charge in [-0.3, -0.25) is 4.99 Å². The van der Waals surface area contributed by atoms with Crippen LogP contribution in [0.1, 0.15) is 34.1 Å². The molecule has 0 bridgehead atoms. The topological polar surface area (TPSA) is 82.6 Å². The van der Waals surface area contributed by atoms with Crippen LogP contribution in [0.15, 0.2) is 4.99 Å². The maximum atomic E-state index is 11.2. The maximum Gasteiger partial charge on any atom is 0.209 e. The predicted octanol–water partition coefficient (Wildman–Crippen LogP) is 0.278. The zero-order valence-electron chi connectivity index (χ0n) is 12.2. The third-order valence-corrected chi connectivity index (χ3v) is 3.30. The number of nitrogens with one attached hydrogen (secondary N) is 3. The first-order valence-corrected chi connectivity index (χ1v) is 7.95. The van der Waals surface area contributed by atoms with Gasteiger partial charge in [-0.1, -0.05) is 6.92 Å². The van der Waals surface area contributed by atoms with Crippen molar-refractivity contribution in [3.63, 3.8) is 0 Å². The minimum absolute atomic E-state index is 0.321. The molecule has 0 fully saturated rings. The fourth-order valence-corrected chi connectivity index (χ4v) is 2.45. The summed E-state index contributed by atoms with van der Waals surface area (Å²) in [6.45, 7) is 8.23. The van der Waals surface area contributed by atoms with Crippen LogP contribution in [0.2, 0.25) is 0 Å². The van der Waals surface area contributed by atoms with E-state index in [-0.39, 0.29) is 0 Å². The monoisotopic (exact) mass is 278 g/mol. The van der Waals surface area contributed by atoms with Gasteiger partial charge < -0.3 is 10.6 Å². The Hall–Kier alpha value is -0.820. The average molecular weight is 278 g/mol. The van der Waals surface area contributed by atoms with Gasteiger partial charge in [-0.15, -0.1) is 0 Å². The van der Waals surface area contributed by atoms with Gasteiger partial charge in [-0.2, -0.15) is 0 Å². The lowest BCUT2D eigenvalue weighted by Crippen LogP contribution is -2.53. The third kappa shape index (κ3) is 8.30. The molecule has 0 aromatic carbocycles. The summed E-state index contributed by atoms with van der Waals surface area (Å²) in [5.41, 5.74) is -0.569. The van der Waals surface area contributed by atoms with E-state index in [2.05, 4.69) is 34.2 Å². The van der Waals surface area contributed by atoms with Crippen LogP contribution in [0.3, 0.4) is 0 Å². The van der Waals surface area contributed by atoms with Gasteiger partial charge in [0.25, 0.3) is 0 Å². The molecule has 1 atom stereocenters. The van der Waals surface area contributed by atoms with Gasteiger partial charge in [0.05, 0.1) is 6.26 Å². The van der Waals surface area contributed by atoms with Crippen LogP contribution < -0.4 is 15.4 Å². The molecule has 108 valence electrons. The highest BCUT2D eigenvalue weighted by molar-refractivity contribution is 7.88. The number of guanidine groups is 1. The van der Waals surface area contributed by atoms with E-state index in [1.807, 2.05) is 13.8 Å². The first-order chi connectivity index (χ1) is 8.09. The number of aliphatic imine (C=N–C) groups is 1. The second-order valence-electron chi connectivity index (χ2n) is 5.14. The molecule has 0 aliphatic carbocycles. The van der Waals surface area contributed by atoms with E-state index in [9.17, 15) is 8.42 Å². The molecule has 0 rings (SSSR count). The Kier molecular flexibility index (Phi) is 6.62. The Balaban J connectivity index is 4.37. The van der Waals surface area contributed by atoms with E-state index in [1.54, 1.807) is 7.05 Å². The van der Waals surface area contributed by atoms with Crippen molar-refractivity contribution in [2.45, 2.75) is 45.7 Å².